The Hall–Kier alpha value is -0.420. The Balaban J connectivity index is 2.64. The number of hydrogen-bond acceptors (Lipinski definition) is 4. The number of nitrogens with one attached hydrogen (secondary N) is 1. The van der Waals surface area contributed by atoms with Gasteiger partial charge in [0, 0.05) is 4.88 Å². The number of rotatable bonds is 3. The molecule has 0 saturated heterocycles. The van der Waals surface area contributed by atoms with E-state index in [-0.39, 0.29) is 12.6 Å². The molecule has 56 valence electrons. The van der Waals surface area contributed by atoms with Gasteiger partial charge in [-0.1, -0.05) is 6.07 Å². The van der Waals surface area contributed by atoms with Crippen LogP contribution in [-0.4, -0.2) is 16.9 Å². The van der Waals surface area contributed by atoms with Crippen molar-refractivity contribution < 1.29 is 10.3 Å². The molecule has 0 spiro atoms. The number of hydrogen-bond donors (Lipinski definition) is 3. The molecular weight excluding hydrogens is 150 g/mol. The Morgan fingerprint density at radius 2 is 2.50 bits per heavy atom. The van der Waals surface area contributed by atoms with Gasteiger partial charge in [-0.05, 0) is 11.4 Å². The van der Waals surface area contributed by atoms with E-state index in [1.807, 2.05) is 23.0 Å². The molecular formula is C6H9NO2S. The largest absolute Gasteiger partial charge is 0.394 e. The molecule has 0 bridgehead atoms. The van der Waals surface area contributed by atoms with Crippen LogP contribution < -0.4 is 5.48 Å². The van der Waals surface area contributed by atoms with Crippen LogP contribution in [-0.2, 0) is 0 Å². The van der Waals surface area contributed by atoms with Crippen molar-refractivity contribution in [2.75, 3.05) is 6.61 Å². The van der Waals surface area contributed by atoms with Gasteiger partial charge in [0.2, 0.25) is 0 Å². The normalized spacial score (nSPS) is 13.4. The summed E-state index contributed by atoms with van der Waals surface area (Å²) < 4.78 is 0. The topological polar surface area (TPSA) is 52.5 Å². The van der Waals surface area contributed by atoms with Gasteiger partial charge in [-0.25, -0.2) is 0 Å². The van der Waals surface area contributed by atoms with Crippen molar-refractivity contribution in [1.29, 1.82) is 0 Å². The van der Waals surface area contributed by atoms with Crippen molar-refractivity contribution in [1.82, 2.24) is 5.48 Å². The van der Waals surface area contributed by atoms with Crippen LogP contribution in [0.4, 0.5) is 0 Å². The van der Waals surface area contributed by atoms with Gasteiger partial charge in [0.15, 0.2) is 0 Å². The molecule has 1 atom stereocenters. The lowest BCUT2D eigenvalue weighted by Gasteiger charge is -2.07. The highest BCUT2D eigenvalue weighted by Crippen LogP contribution is 2.17. The molecule has 0 amide bonds. The van der Waals surface area contributed by atoms with E-state index in [1.165, 1.54) is 11.3 Å². The average molecular weight is 159 g/mol. The third-order valence-electron chi connectivity index (χ3n) is 1.23. The van der Waals surface area contributed by atoms with Crippen LogP contribution >= 0.6 is 11.3 Å². The van der Waals surface area contributed by atoms with Gasteiger partial charge in [-0.2, -0.15) is 5.48 Å². The average Bonchev–Trinajstić information content (AvgIpc) is 2.43. The third kappa shape index (κ3) is 1.54. The lowest BCUT2D eigenvalue weighted by atomic mass is 10.3. The van der Waals surface area contributed by atoms with Crippen LogP contribution in [0.15, 0.2) is 17.5 Å². The van der Waals surface area contributed by atoms with E-state index in [0.29, 0.717) is 0 Å². The van der Waals surface area contributed by atoms with E-state index in [9.17, 15) is 0 Å². The molecule has 0 aliphatic heterocycles. The lowest BCUT2D eigenvalue weighted by molar-refractivity contribution is 0.0921. The van der Waals surface area contributed by atoms with Crippen molar-refractivity contribution >= 4 is 11.3 Å². The Morgan fingerprint density at radius 3 is 2.90 bits per heavy atom. The number of thiophene rings is 1. The molecule has 3 N–H and O–H groups in total. The lowest BCUT2D eigenvalue weighted by Crippen LogP contribution is -2.19. The first kappa shape index (κ1) is 7.68. The Labute approximate surface area is 62.9 Å². The second-order valence-corrected chi connectivity index (χ2v) is 2.86. The molecule has 1 unspecified atom stereocenters. The second kappa shape index (κ2) is 3.68. The molecule has 1 rings (SSSR count). The molecule has 0 saturated carbocycles. The molecule has 10 heavy (non-hydrogen) atoms. The fourth-order valence-electron chi connectivity index (χ4n) is 0.684. The summed E-state index contributed by atoms with van der Waals surface area (Å²) in [5.74, 6) is 0. The SMILES string of the molecule is OCC(NO)c1cccs1. The zero-order valence-electron chi connectivity index (χ0n) is 5.32. The Morgan fingerprint density at radius 1 is 1.70 bits per heavy atom. The maximum Gasteiger partial charge on any atom is 0.0892 e. The summed E-state index contributed by atoms with van der Waals surface area (Å²) in [7, 11) is 0. The molecule has 0 aliphatic carbocycles. The van der Waals surface area contributed by atoms with Crippen molar-refractivity contribution in [2.45, 2.75) is 6.04 Å². The first-order chi connectivity index (χ1) is 4.88. The van der Waals surface area contributed by atoms with Crippen LogP contribution in [0, 0.1) is 0 Å². The van der Waals surface area contributed by atoms with Gasteiger partial charge in [-0.3, -0.25) is 0 Å². The van der Waals surface area contributed by atoms with Crippen LogP contribution in [0.5, 0.6) is 0 Å². The summed E-state index contributed by atoms with van der Waals surface area (Å²) in [6, 6.07) is 3.40. The molecule has 1 aromatic heterocycles. The fraction of sp³-hybridized carbons (Fsp3) is 0.333. The summed E-state index contributed by atoms with van der Waals surface area (Å²) in [6.45, 7) is -0.0863. The van der Waals surface area contributed by atoms with Crippen LogP contribution in [0.25, 0.3) is 0 Å². The van der Waals surface area contributed by atoms with E-state index in [4.69, 9.17) is 10.3 Å². The maximum absolute atomic E-state index is 8.68. The molecule has 0 fully saturated rings. The standard InChI is InChI=1S/C6H9NO2S/c8-4-5(7-9)6-2-1-3-10-6/h1-3,5,7-9H,4H2. The minimum absolute atomic E-state index is 0.0863. The Kier molecular flexibility index (Phi) is 2.82. The summed E-state index contributed by atoms with van der Waals surface area (Å²) in [6.07, 6.45) is 0. The molecule has 4 heteroatoms. The van der Waals surface area contributed by atoms with E-state index < -0.39 is 0 Å². The number of aliphatic hydroxyl groups is 1. The van der Waals surface area contributed by atoms with Crippen molar-refractivity contribution in [2.24, 2.45) is 0 Å². The number of aliphatic hydroxyl groups excluding tert-OH is 1. The predicted molar refractivity (Wildman–Crippen MR) is 39.1 cm³/mol. The van der Waals surface area contributed by atoms with Crippen molar-refractivity contribution in [3.8, 4) is 0 Å². The summed E-state index contributed by atoms with van der Waals surface area (Å²) in [4.78, 5) is 0.935. The smallest absolute Gasteiger partial charge is 0.0892 e. The minimum atomic E-state index is -0.333. The summed E-state index contributed by atoms with van der Waals surface area (Å²) in [5.41, 5.74) is 2.01. The highest BCUT2D eigenvalue weighted by Gasteiger charge is 2.07. The Bertz CT molecular complexity index is 172. The van der Waals surface area contributed by atoms with Gasteiger partial charge in [0.25, 0.3) is 0 Å². The molecule has 1 aromatic rings. The van der Waals surface area contributed by atoms with Gasteiger partial charge in [0.1, 0.15) is 0 Å². The van der Waals surface area contributed by atoms with Gasteiger partial charge in [0.05, 0.1) is 12.6 Å². The van der Waals surface area contributed by atoms with E-state index in [0.717, 1.165) is 4.88 Å². The fourth-order valence-corrected chi connectivity index (χ4v) is 1.45. The third-order valence-corrected chi connectivity index (χ3v) is 2.21. The zero-order chi connectivity index (χ0) is 7.40. The van der Waals surface area contributed by atoms with Crippen LogP contribution in [0.3, 0.4) is 0 Å². The second-order valence-electron chi connectivity index (χ2n) is 1.88. The quantitative estimate of drug-likeness (QED) is 0.571. The molecule has 1 heterocycles. The highest BCUT2D eigenvalue weighted by molar-refractivity contribution is 7.10. The predicted octanol–water partition coefficient (Wildman–Crippen LogP) is 0.760. The van der Waals surface area contributed by atoms with E-state index in [2.05, 4.69) is 0 Å². The molecule has 0 aliphatic rings. The van der Waals surface area contributed by atoms with E-state index >= 15 is 0 Å². The van der Waals surface area contributed by atoms with Crippen molar-refractivity contribution in [3.05, 3.63) is 22.4 Å². The van der Waals surface area contributed by atoms with Crippen molar-refractivity contribution in [3.63, 3.8) is 0 Å². The maximum atomic E-state index is 8.68. The highest BCUT2D eigenvalue weighted by atomic mass is 32.1. The summed E-state index contributed by atoms with van der Waals surface area (Å²) >= 11 is 1.50. The first-order valence-corrected chi connectivity index (χ1v) is 3.80. The summed E-state index contributed by atoms with van der Waals surface area (Å²) in [5, 5.41) is 19.1. The zero-order valence-corrected chi connectivity index (χ0v) is 6.14. The molecule has 0 aromatic carbocycles. The van der Waals surface area contributed by atoms with Gasteiger partial charge >= 0.3 is 0 Å². The van der Waals surface area contributed by atoms with Crippen LogP contribution in [0.2, 0.25) is 0 Å². The van der Waals surface area contributed by atoms with Gasteiger partial charge < -0.3 is 10.3 Å². The molecule has 0 radical (unpaired) electrons. The van der Waals surface area contributed by atoms with Gasteiger partial charge in [-0.15, -0.1) is 11.3 Å². The first-order valence-electron chi connectivity index (χ1n) is 2.92. The minimum Gasteiger partial charge on any atom is -0.394 e. The van der Waals surface area contributed by atoms with Crippen LogP contribution in [0.1, 0.15) is 10.9 Å². The number of hydroxylamine groups is 1. The van der Waals surface area contributed by atoms with E-state index in [1.54, 1.807) is 0 Å². The monoisotopic (exact) mass is 159 g/mol. The molecule has 3 nitrogen and oxygen atoms in total.